The van der Waals surface area contributed by atoms with Gasteiger partial charge in [0.2, 0.25) is 0 Å². The fourth-order valence-corrected chi connectivity index (χ4v) is 2.77. The largest absolute Gasteiger partial charge is 0.311 e. The summed E-state index contributed by atoms with van der Waals surface area (Å²) in [5.41, 5.74) is 1.46. The van der Waals surface area contributed by atoms with Crippen LogP contribution in [0.1, 0.15) is 33.4 Å². The van der Waals surface area contributed by atoms with E-state index in [1.807, 2.05) is 17.9 Å². The normalized spacial score (nSPS) is 26.5. The van der Waals surface area contributed by atoms with E-state index in [-0.39, 0.29) is 0 Å². The van der Waals surface area contributed by atoms with Crippen molar-refractivity contribution in [2.24, 2.45) is 12.5 Å². The predicted octanol–water partition coefficient (Wildman–Crippen LogP) is 1.63. The lowest BCUT2D eigenvalue weighted by Crippen LogP contribution is -2.59. The van der Waals surface area contributed by atoms with Gasteiger partial charge in [-0.25, -0.2) is 0 Å². The Morgan fingerprint density at radius 3 is 2.72 bits per heavy atom. The molecule has 102 valence electrons. The maximum absolute atomic E-state index is 4.50. The molecule has 0 radical (unpaired) electrons. The van der Waals surface area contributed by atoms with Crippen molar-refractivity contribution in [2.75, 3.05) is 13.1 Å². The van der Waals surface area contributed by atoms with Gasteiger partial charge in [-0.2, -0.15) is 5.10 Å². The van der Waals surface area contributed by atoms with E-state index in [1.165, 1.54) is 5.69 Å². The summed E-state index contributed by atoms with van der Waals surface area (Å²) < 4.78 is 1.88. The number of aromatic nitrogens is 2. The van der Waals surface area contributed by atoms with Gasteiger partial charge in [-0.1, -0.05) is 20.8 Å². The first-order chi connectivity index (χ1) is 8.36. The highest BCUT2D eigenvalue weighted by Gasteiger charge is 2.34. The number of aryl methyl sites for hydroxylation is 1. The zero-order chi connectivity index (χ0) is 13.3. The Morgan fingerprint density at radius 2 is 2.17 bits per heavy atom. The molecule has 0 spiro atoms. The van der Waals surface area contributed by atoms with Crippen LogP contribution in [0.25, 0.3) is 0 Å². The summed E-state index contributed by atoms with van der Waals surface area (Å²) in [6.45, 7) is 12.3. The minimum atomic E-state index is 0.294. The fourth-order valence-electron chi connectivity index (χ4n) is 2.77. The molecule has 0 aromatic carbocycles. The van der Waals surface area contributed by atoms with Crippen molar-refractivity contribution in [3.63, 3.8) is 0 Å². The minimum absolute atomic E-state index is 0.294. The van der Waals surface area contributed by atoms with E-state index in [2.05, 4.69) is 49.1 Å². The molecular weight excluding hydrogens is 224 g/mol. The predicted molar refractivity (Wildman–Crippen MR) is 74.3 cm³/mol. The maximum atomic E-state index is 4.50. The molecule has 1 aliphatic rings. The molecule has 2 unspecified atom stereocenters. The number of hydrogen-bond donors (Lipinski definition) is 1. The van der Waals surface area contributed by atoms with E-state index in [0.717, 1.165) is 19.6 Å². The number of nitrogens with zero attached hydrogens (tertiary/aromatic N) is 3. The lowest BCUT2D eigenvalue weighted by molar-refractivity contribution is 0.0515. The first-order valence-corrected chi connectivity index (χ1v) is 6.82. The average molecular weight is 250 g/mol. The molecule has 18 heavy (non-hydrogen) atoms. The molecule has 1 saturated heterocycles. The first kappa shape index (κ1) is 13.6. The lowest BCUT2D eigenvalue weighted by atomic mass is 9.84. The first-order valence-electron chi connectivity index (χ1n) is 6.82. The molecule has 2 heterocycles. The molecule has 0 bridgehead atoms. The van der Waals surface area contributed by atoms with Gasteiger partial charge >= 0.3 is 0 Å². The van der Waals surface area contributed by atoms with E-state index in [9.17, 15) is 0 Å². The Hall–Kier alpha value is -0.870. The maximum Gasteiger partial charge on any atom is 0.0764 e. The van der Waals surface area contributed by atoms with E-state index < -0.39 is 0 Å². The smallest absolute Gasteiger partial charge is 0.0764 e. The molecule has 4 heteroatoms. The Balaban J connectivity index is 2.10. The Morgan fingerprint density at radius 1 is 1.44 bits per heavy atom. The summed E-state index contributed by atoms with van der Waals surface area (Å²) in [5, 5.41) is 8.09. The molecule has 0 amide bonds. The van der Waals surface area contributed by atoms with Crippen LogP contribution < -0.4 is 5.32 Å². The van der Waals surface area contributed by atoms with E-state index in [4.69, 9.17) is 0 Å². The van der Waals surface area contributed by atoms with Crippen LogP contribution in [0.3, 0.4) is 0 Å². The third-order valence-electron chi connectivity index (χ3n) is 3.74. The van der Waals surface area contributed by atoms with E-state index >= 15 is 0 Å². The summed E-state index contributed by atoms with van der Waals surface area (Å²) in [5.74, 6) is 0. The topological polar surface area (TPSA) is 33.1 Å². The van der Waals surface area contributed by atoms with Gasteiger partial charge in [-0.15, -0.1) is 0 Å². The van der Waals surface area contributed by atoms with Crippen molar-refractivity contribution in [3.05, 3.63) is 18.0 Å². The van der Waals surface area contributed by atoms with E-state index in [1.54, 1.807) is 0 Å². The lowest BCUT2D eigenvalue weighted by Gasteiger charge is -2.45. The monoisotopic (exact) mass is 250 g/mol. The van der Waals surface area contributed by atoms with Gasteiger partial charge in [0.05, 0.1) is 5.69 Å². The highest BCUT2D eigenvalue weighted by atomic mass is 15.3. The summed E-state index contributed by atoms with van der Waals surface area (Å²) in [6.07, 6.45) is 2.02. The van der Waals surface area contributed by atoms with Gasteiger partial charge in [0.1, 0.15) is 0 Å². The van der Waals surface area contributed by atoms with Crippen molar-refractivity contribution in [3.8, 4) is 0 Å². The zero-order valence-corrected chi connectivity index (χ0v) is 12.3. The number of nitrogens with one attached hydrogen (secondary N) is 1. The second-order valence-corrected chi connectivity index (χ2v) is 6.60. The molecule has 0 aliphatic carbocycles. The Labute approximate surface area is 110 Å². The van der Waals surface area contributed by atoms with Crippen LogP contribution in [-0.4, -0.2) is 39.9 Å². The second kappa shape index (κ2) is 5.02. The minimum Gasteiger partial charge on any atom is -0.311 e. The van der Waals surface area contributed by atoms with Gasteiger partial charge < -0.3 is 5.32 Å². The molecule has 1 aromatic rings. The van der Waals surface area contributed by atoms with Crippen LogP contribution in [0.4, 0.5) is 0 Å². The molecule has 1 aromatic heterocycles. The summed E-state index contributed by atoms with van der Waals surface area (Å²) >= 11 is 0. The number of hydrogen-bond acceptors (Lipinski definition) is 3. The summed E-state index contributed by atoms with van der Waals surface area (Å²) in [6, 6.07) is 3.25. The zero-order valence-electron chi connectivity index (χ0n) is 12.3. The van der Waals surface area contributed by atoms with Crippen LogP contribution >= 0.6 is 0 Å². The molecular formula is C14H26N4. The van der Waals surface area contributed by atoms with Gasteiger partial charge in [-0.3, -0.25) is 9.58 Å². The molecule has 2 atom stereocenters. The van der Waals surface area contributed by atoms with Crippen molar-refractivity contribution < 1.29 is 0 Å². The highest BCUT2D eigenvalue weighted by molar-refractivity contribution is 5.01. The number of piperazine rings is 1. The average Bonchev–Trinajstić information content (AvgIpc) is 2.62. The Kier molecular flexibility index (Phi) is 3.78. The van der Waals surface area contributed by atoms with Crippen LogP contribution in [0, 0.1) is 5.41 Å². The number of rotatable bonds is 2. The molecule has 0 saturated carbocycles. The summed E-state index contributed by atoms with van der Waals surface area (Å²) in [4.78, 5) is 2.57. The standard InChI is InChI=1S/C14H26N4/c1-11-9-18(10-12-6-7-17(5)16-12)13(8-15-11)14(2,3)4/h6-7,11,13,15H,8-10H2,1-5H3. The van der Waals surface area contributed by atoms with Crippen LogP contribution in [0.5, 0.6) is 0 Å². The van der Waals surface area contributed by atoms with Crippen LogP contribution in [0.15, 0.2) is 12.3 Å². The fraction of sp³-hybridized carbons (Fsp3) is 0.786. The SMILES string of the molecule is CC1CN(Cc2ccn(C)n2)C(C(C)(C)C)CN1. The quantitative estimate of drug-likeness (QED) is 0.866. The molecule has 2 rings (SSSR count). The second-order valence-electron chi connectivity index (χ2n) is 6.60. The van der Waals surface area contributed by atoms with Crippen molar-refractivity contribution in [1.82, 2.24) is 20.0 Å². The summed E-state index contributed by atoms with van der Waals surface area (Å²) in [7, 11) is 1.98. The van der Waals surface area contributed by atoms with Crippen LogP contribution in [0.2, 0.25) is 0 Å². The van der Waals surface area contributed by atoms with Gasteiger partial charge in [0, 0.05) is 45.0 Å². The molecule has 4 nitrogen and oxygen atoms in total. The molecule has 1 aliphatic heterocycles. The van der Waals surface area contributed by atoms with E-state index in [0.29, 0.717) is 17.5 Å². The van der Waals surface area contributed by atoms with Crippen LogP contribution in [-0.2, 0) is 13.6 Å². The van der Waals surface area contributed by atoms with Gasteiger partial charge in [-0.05, 0) is 18.4 Å². The molecule has 1 N–H and O–H groups in total. The van der Waals surface area contributed by atoms with Gasteiger partial charge in [0.25, 0.3) is 0 Å². The highest BCUT2D eigenvalue weighted by Crippen LogP contribution is 2.27. The molecule has 1 fully saturated rings. The Bertz CT molecular complexity index is 391. The van der Waals surface area contributed by atoms with Crippen molar-refractivity contribution in [2.45, 2.75) is 46.3 Å². The third kappa shape index (κ3) is 3.12. The van der Waals surface area contributed by atoms with Gasteiger partial charge in [0.15, 0.2) is 0 Å². The van der Waals surface area contributed by atoms with Crippen molar-refractivity contribution in [1.29, 1.82) is 0 Å². The third-order valence-corrected chi connectivity index (χ3v) is 3.74. The van der Waals surface area contributed by atoms with Crippen molar-refractivity contribution >= 4 is 0 Å².